The molecule has 30 heavy (non-hydrogen) atoms. The second kappa shape index (κ2) is 8.78. The summed E-state index contributed by atoms with van der Waals surface area (Å²) >= 11 is 6.19. The Hall–Kier alpha value is -2.38. The lowest BCUT2D eigenvalue weighted by Gasteiger charge is -2.29. The van der Waals surface area contributed by atoms with E-state index in [1.54, 1.807) is 4.90 Å². The minimum Gasteiger partial charge on any atom is -0.351 e. The van der Waals surface area contributed by atoms with Crippen molar-refractivity contribution in [1.29, 1.82) is 0 Å². The van der Waals surface area contributed by atoms with Crippen molar-refractivity contribution in [3.8, 4) is 0 Å². The molecule has 4 rings (SSSR count). The van der Waals surface area contributed by atoms with Crippen LogP contribution in [0, 0.1) is 6.92 Å². The van der Waals surface area contributed by atoms with Gasteiger partial charge in [0.15, 0.2) is 0 Å². The summed E-state index contributed by atoms with van der Waals surface area (Å²) in [6, 6.07) is 4.65. The molecule has 0 spiro atoms. The van der Waals surface area contributed by atoms with Crippen LogP contribution in [-0.4, -0.2) is 51.6 Å². The fraction of sp³-hybridized carbons (Fsp3) is 0.500. The minimum atomic E-state index is -0.694. The second-order valence-corrected chi connectivity index (χ2v) is 8.81. The lowest BCUT2D eigenvalue weighted by Crippen LogP contribution is -2.53. The van der Waals surface area contributed by atoms with Gasteiger partial charge in [-0.2, -0.15) is 5.10 Å². The largest absolute Gasteiger partial charge is 0.351 e. The first-order chi connectivity index (χ1) is 14.4. The summed E-state index contributed by atoms with van der Waals surface area (Å²) in [6.07, 6.45) is 6.22. The highest BCUT2D eigenvalue weighted by Crippen LogP contribution is 2.23. The fourth-order valence-corrected chi connectivity index (χ4v) is 4.66. The van der Waals surface area contributed by atoms with Crippen LogP contribution in [0.15, 0.2) is 24.4 Å². The SMILES string of the molecule is Cc1ccc(C[C@@H](N)C(=O)N2CCCC2C(=O)NC2CCc3[nH]ncc3C2)cc1Cl. The van der Waals surface area contributed by atoms with Crippen molar-refractivity contribution >= 4 is 23.4 Å². The summed E-state index contributed by atoms with van der Waals surface area (Å²) in [6.45, 7) is 2.50. The maximum Gasteiger partial charge on any atom is 0.243 e. The van der Waals surface area contributed by atoms with E-state index in [1.165, 1.54) is 0 Å². The normalized spacial score (nSPS) is 21.9. The van der Waals surface area contributed by atoms with Gasteiger partial charge < -0.3 is 16.0 Å². The molecule has 1 fully saturated rings. The maximum absolute atomic E-state index is 13.0. The van der Waals surface area contributed by atoms with Crippen molar-refractivity contribution in [2.45, 2.75) is 63.6 Å². The van der Waals surface area contributed by atoms with Gasteiger partial charge in [-0.25, -0.2) is 0 Å². The van der Waals surface area contributed by atoms with Crippen LogP contribution in [0.3, 0.4) is 0 Å². The van der Waals surface area contributed by atoms with Gasteiger partial charge in [0.25, 0.3) is 0 Å². The van der Waals surface area contributed by atoms with Crippen LogP contribution < -0.4 is 11.1 Å². The number of likely N-dealkylation sites (tertiary alicyclic amines) is 1. The van der Waals surface area contributed by atoms with Crippen LogP contribution in [-0.2, 0) is 28.9 Å². The predicted octanol–water partition coefficient (Wildman–Crippen LogP) is 1.91. The highest BCUT2D eigenvalue weighted by Gasteiger charge is 2.37. The topological polar surface area (TPSA) is 104 Å². The molecule has 1 aromatic carbocycles. The van der Waals surface area contributed by atoms with Crippen LogP contribution in [0.1, 0.15) is 41.6 Å². The van der Waals surface area contributed by atoms with Crippen molar-refractivity contribution in [3.05, 3.63) is 51.8 Å². The molecule has 1 aliphatic heterocycles. The Morgan fingerprint density at radius 1 is 1.40 bits per heavy atom. The molecule has 160 valence electrons. The van der Waals surface area contributed by atoms with Crippen molar-refractivity contribution in [1.82, 2.24) is 20.4 Å². The second-order valence-electron chi connectivity index (χ2n) is 8.41. The lowest BCUT2D eigenvalue weighted by molar-refractivity contribution is -0.139. The van der Waals surface area contributed by atoms with Crippen LogP contribution in [0.5, 0.6) is 0 Å². The van der Waals surface area contributed by atoms with Crippen LogP contribution >= 0.6 is 11.6 Å². The molecule has 0 saturated carbocycles. The summed E-state index contributed by atoms with van der Waals surface area (Å²) in [4.78, 5) is 27.6. The molecule has 2 aliphatic rings. The van der Waals surface area contributed by atoms with Gasteiger partial charge >= 0.3 is 0 Å². The number of hydrogen-bond donors (Lipinski definition) is 3. The van der Waals surface area contributed by atoms with Gasteiger partial charge in [0.1, 0.15) is 6.04 Å². The van der Waals surface area contributed by atoms with Crippen molar-refractivity contribution in [2.24, 2.45) is 5.73 Å². The molecule has 2 unspecified atom stereocenters. The van der Waals surface area contributed by atoms with Crippen molar-refractivity contribution in [3.63, 3.8) is 0 Å². The number of hydrogen-bond acceptors (Lipinski definition) is 4. The number of H-pyrrole nitrogens is 1. The van der Waals surface area contributed by atoms with E-state index in [1.807, 2.05) is 31.3 Å². The number of carbonyl (C=O) groups excluding carboxylic acids is 2. The number of aryl methyl sites for hydroxylation is 2. The van der Waals surface area contributed by atoms with Crippen LogP contribution in [0.4, 0.5) is 0 Å². The van der Waals surface area contributed by atoms with Crippen molar-refractivity contribution in [2.75, 3.05) is 6.54 Å². The van der Waals surface area contributed by atoms with Crippen LogP contribution in [0.25, 0.3) is 0 Å². The summed E-state index contributed by atoms with van der Waals surface area (Å²) < 4.78 is 0. The van der Waals surface area contributed by atoms with Crippen LogP contribution in [0.2, 0.25) is 5.02 Å². The van der Waals surface area contributed by atoms with E-state index in [2.05, 4.69) is 15.5 Å². The van der Waals surface area contributed by atoms with Crippen molar-refractivity contribution < 1.29 is 9.59 Å². The molecule has 1 saturated heterocycles. The number of nitrogens with two attached hydrogens (primary N) is 1. The Balaban J connectivity index is 1.36. The Morgan fingerprint density at radius 2 is 2.23 bits per heavy atom. The molecule has 0 bridgehead atoms. The number of fused-ring (bicyclic) bond motifs is 1. The molecule has 2 aromatic rings. The number of nitrogens with zero attached hydrogens (tertiary/aromatic N) is 2. The number of halogens is 1. The van der Waals surface area contributed by atoms with Gasteiger partial charge in [0.05, 0.1) is 12.2 Å². The quantitative estimate of drug-likeness (QED) is 0.675. The standard InChI is InChI=1S/C22H28ClN5O2/c1-13-4-5-14(9-17(13)23)10-18(24)22(30)28-8-2-3-20(28)21(29)26-16-6-7-19-15(11-16)12-25-27-19/h4-5,9,12,16,18,20H,2-3,6-8,10-11,24H2,1H3,(H,25,27)(H,26,29)/t16?,18-,20?/m1/s1. The third kappa shape index (κ3) is 4.37. The molecule has 1 aliphatic carbocycles. The third-order valence-corrected chi connectivity index (χ3v) is 6.62. The molecule has 1 aromatic heterocycles. The molecule has 3 atom stereocenters. The molecule has 0 radical (unpaired) electrons. The molecular formula is C22H28ClN5O2. The predicted molar refractivity (Wildman–Crippen MR) is 115 cm³/mol. The molecular weight excluding hydrogens is 402 g/mol. The van der Waals surface area contributed by atoms with E-state index in [-0.39, 0.29) is 17.9 Å². The smallest absolute Gasteiger partial charge is 0.243 e. The summed E-state index contributed by atoms with van der Waals surface area (Å²) in [5.74, 6) is -0.256. The number of carbonyl (C=O) groups is 2. The molecule has 4 N–H and O–H groups in total. The van der Waals surface area contributed by atoms with E-state index in [4.69, 9.17) is 17.3 Å². The van der Waals surface area contributed by atoms with Gasteiger partial charge in [-0.05, 0) is 68.2 Å². The first-order valence-electron chi connectivity index (χ1n) is 10.5. The number of aromatic amines is 1. The molecule has 8 heteroatoms. The van der Waals surface area contributed by atoms with Gasteiger partial charge in [0.2, 0.25) is 11.8 Å². The molecule has 7 nitrogen and oxygen atoms in total. The average molecular weight is 430 g/mol. The zero-order valence-corrected chi connectivity index (χ0v) is 17.9. The summed E-state index contributed by atoms with van der Waals surface area (Å²) in [5, 5.41) is 10.9. The summed E-state index contributed by atoms with van der Waals surface area (Å²) in [5.41, 5.74) is 10.4. The first kappa shape index (κ1) is 20.9. The minimum absolute atomic E-state index is 0.0727. The Labute approximate surface area is 181 Å². The first-order valence-corrected chi connectivity index (χ1v) is 10.9. The highest BCUT2D eigenvalue weighted by molar-refractivity contribution is 6.31. The number of rotatable bonds is 5. The lowest BCUT2D eigenvalue weighted by atomic mass is 9.93. The Kier molecular flexibility index (Phi) is 6.11. The van der Waals surface area contributed by atoms with Gasteiger partial charge in [-0.15, -0.1) is 0 Å². The number of amides is 2. The molecule has 2 amide bonds. The zero-order valence-electron chi connectivity index (χ0n) is 17.2. The number of aromatic nitrogens is 2. The summed E-state index contributed by atoms with van der Waals surface area (Å²) in [7, 11) is 0. The van der Waals surface area contributed by atoms with Gasteiger partial charge in [-0.3, -0.25) is 14.7 Å². The van der Waals surface area contributed by atoms with Gasteiger partial charge in [-0.1, -0.05) is 23.7 Å². The third-order valence-electron chi connectivity index (χ3n) is 6.21. The average Bonchev–Trinajstić information content (AvgIpc) is 3.39. The van der Waals surface area contributed by atoms with E-state index >= 15 is 0 Å². The maximum atomic E-state index is 13.0. The Morgan fingerprint density at radius 3 is 3.03 bits per heavy atom. The van der Waals surface area contributed by atoms with Gasteiger partial charge in [0, 0.05) is 23.3 Å². The fourth-order valence-electron chi connectivity index (χ4n) is 4.46. The van der Waals surface area contributed by atoms with E-state index in [0.29, 0.717) is 24.4 Å². The highest BCUT2D eigenvalue weighted by atomic mass is 35.5. The van der Waals surface area contributed by atoms with E-state index in [0.717, 1.165) is 48.1 Å². The molecule has 2 heterocycles. The zero-order chi connectivity index (χ0) is 21.3. The Bertz CT molecular complexity index is 943. The van der Waals surface area contributed by atoms with E-state index in [9.17, 15) is 9.59 Å². The number of nitrogens with one attached hydrogen (secondary N) is 2. The van der Waals surface area contributed by atoms with E-state index < -0.39 is 12.1 Å². The monoisotopic (exact) mass is 429 g/mol. The number of benzene rings is 1.